The molecule has 18 nitrogen and oxygen atoms in total. The normalized spacial score (nSPS) is 16.7. The molecule has 2 amide bonds. The summed E-state index contributed by atoms with van der Waals surface area (Å²) < 4.78 is 212. The van der Waals surface area contributed by atoms with E-state index in [1.165, 1.54) is 26.0 Å². The van der Waals surface area contributed by atoms with Crippen LogP contribution in [0.1, 0.15) is 72.6 Å². The largest absolute Gasteiger partial charge is 0.466 e. The van der Waals surface area contributed by atoms with Crippen LogP contribution in [0.3, 0.4) is 0 Å². The molecule has 5 aromatic rings. The maximum atomic E-state index is 15.6. The number of esters is 2. The van der Waals surface area contributed by atoms with Gasteiger partial charge in [-0.25, -0.2) is 40.0 Å². The van der Waals surface area contributed by atoms with Crippen LogP contribution in [0.25, 0.3) is 22.0 Å². The van der Waals surface area contributed by atoms with Crippen LogP contribution in [0.2, 0.25) is 5.02 Å². The average Bonchev–Trinajstić information content (AvgIpc) is 3.99. The van der Waals surface area contributed by atoms with Crippen LogP contribution in [0.15, 0.2) is 54.6 Å². The molecule has 1 saturated carbocycles. The summed E-state index contributed by atoms with van der Waals surface area (Å²) >= 11 is 6.61. The summed E-state index contributed by atoms with van der Waals surface area (Å²) in [6.07, 6.45) is -11.2. The predicted molar refractivity (Wildman–Crippen MR) is 250 cm³/mol. The number of rotatable bonds is 18. The summed E-state index contributed by atoms with van der Waals surface area (Å²) in [6.45, 7) is -1.96. The number of aromatic nitrogens is 5. The lowest BCUT2D eigenvalue weighted by Crippen LogP contribution is -2.37. The van der Waals surface area contributed by atoms with E-state index in [-0.39, 0.29) is 49.8 Å². The van der Waals surface area contributed by atoms with E-state index in [1.807, 2.05) is 0 Å². The number of sulfone groups is 1. The zero-order chi connectivity index (χ0) is 57.1. The number of ether oxygens (including phenoxy) is 3. The van der Waals surface area contributed by atoms with Crippen molar-refractivity contribution in [1.82, 2.24) is 29.9 Å². The highest BCUT2D eigenvalue weighted by Gasteiger charge is 2.68. The lowest BCUT2D eigenvalue weighted by atomic mass is 9.93. The predicted octanol–water partition coefficient (Wildman–Crippen LogP) is 8.00. The Morgan fingerprint density at radius 2 is 1.55 bits per heavy atom. The van der Waals surface area contributed by atoms with E-state index in [4.69, 9.17) is 16.3 Å². The molecule has 0 bridgehead atoms. The molecule has 416 valence electrons. The van der Waals surface area contributed by atoms with E-state index in [9.17, 15) is 71.1 Å². The SMILES string of the molecule is COC(=O)/C=C/C(=O)OCOC(=O)N(c1nn(CC(F)(F)F)c2c(-c3ccc(CCC(C)(C)S(C)(=O)=O)nc3[C@H](Cc3cc(F)cc(F)c3)NC(=O)Cn3nc(C(F)(F)F)c4c3C(F)(F)[C@@H]3CC43)ccc(Cl)c12)S(C)(=O)=O. The minimum Gasteiger partial charge on any atom is -0.466 e. The Hall–Kier alpha value is -6.82. The highest BCUT2D eigenvalue weighted by molar-refractivity contribution is 7.92. The third kappa shape index (κ3) is 12.5. The lowest BCUT2D eigenvalue weighted by Gasteiger charge is -2.25. The third-order valence-electron chi connectivity index (χ3n) is 12.6. The molecule has 7 rings (SSSR count). The van der Waals surface area contributed by atoms with Crippen LogP contribution in [-0.4, -0.2) is 103 Å². The number of anilines is 1. The van der Waals surface area contributed by atoms with Crippen LogP contribution in [-0.2, 0) is 86.5 Å². The molecule has 1 unspecified atom stereocenters. The molecule has 0 saturated heterocycles. The molecule has 0 radical (unpaired) electrons. The van der Waals surface area contributed by atoms with Crippen molar-refractivity contribution in [2.75, 3.05) is 30.7 Å². The van der Waals surface area contributed by atoms with Crippen LogP contribution < -0.4 is 9.62 Å². The first-order valence-electron chi connectivity index (χ1n) is 22.4. The molecular formula is C46H42ClF10N7O11S2. The molecular weight excluding hydrogens is 1120 g/mol. The second kappa shape index (κ2) is 20.9. The topological polar surface area (TPSA) is 228 Å². The van der Waals surface area contributed by atoms with E-state index >= 15 is 8.78 Å². The zero-order valence-electron chi connectivity index (χ0n) is 40.5. The van der Waals surface area contributed by atoms with Crippen molar-refractivity contribution in [3.63, 3.8) is 0 Å². The first kappa shape index (κ1) is 57.9. The zero-order valence-corrected chi connectivity index (χ0v) is 42.9. The number of benzene rings is 2. The van der Waals surface area contributed by atoms with E-state index in [0.29, 0.717) is 24.5 Å². The first-order valence-corrected chi connectivity index (χ1v) is 26.5. The summed E-state index contributed by atoms with van der Waals surface area (Å²) in [5, 5.41) is 8.37. The standard InChI is InChI=1S/C46H42ClF10N7O11S2/c1-43(2,76(4,69)70)13-12-25-6-7-26(27-8-9-30(47)36-38(27)63(20-44(50,51)52)61-41(36)64(77(5,71)72)42(68)75-21-74-34(67)11-10-33(66)73-3)37(58-25)31(16-22-14-23(48)17-24(49)15-22)59-32(65)19-62-40-35(39(60-62)46(55,56)57)28-18-29(28)45(40,53)54/h6-11,14-15,17,28-29,31H,12-13,16,18-21H2,1-5H3,(H,59,65)/b11-10+/t28?,29-,31+/m1/s1. The van der Waals surface area contributed by atoms with Crippen molar-refractivity contribution in [3.8, 4) is 11.1 Å². The van der Waals surface area contributed by atoms with Gasteiger partial charge in [0, 0.05) is 52.8 Å². The van der Waals surface area contributed by atoms with Crippen molar-refractivity contribution in [1.29, 1.82) is 0 Å². The number of hydrogen-bond donors (Lipinski definition) is 1. The Bertz CT molecular complexity index is 3450. The Morgan fingerprint density at radius 1 is 0.909 bits per heavy atom. The molecule has 0 spiro atoms. The lowest BCUT2D eigenvalue weighted by molar-refractivity contribution is -0.146. The molecule has 0 aliphatic heterocycles. The van der Waals surface area contributed by atoms with Gasteiger partial charge in [-0.3, -0.25) is 19.1 Å². The van der Waals surface area contributed by atoms with Crippen molar-refractivity contribution in [2.24, 2.45) is 5.92 Å². The molecule has 2 aliphatic rings. The van der Waals surface area contributed by atoms with E-state index in [2.05, 4.69) is 30.0 Å². The summed E-state index contributed by atoms with van der Waals surface area (Å²) in [7, 11) is -7.81. The molecule has 2 aromatic carbocycles. The summed E-state index contributed by atoms with van der Waals surface area (Å²) in [5.74, 6) is -13.7. The Kier molecular flexibility index (Phi) is 15.7. The monoisotopic (exact) mass is 1160 g/mol. The summed E-state index contributed by atoms with van der Waals surface area (Å²) in [4.78, 5) is 55.9. The number of aryl methyl sites for hydroxylation is 1. The van der Waals surface area contributed by atoms with Crippen molar-refractivity contribution >= 4 is 72.1 Å². The van der Waals surface area contributed by atoms with E-state index in [1.54, 1.807) is 0 Å². The van der Waals surface area contributed by atoms with Gasteiger partial charge >= 0.3 is 30.4 Å². The van der Waals surface area contributed by atoms with Crippen LogP contribution in [0.5, 0.6) is 0 Å². The molecule has 3 aromatic heterocycles. The quantitative estimate of drug-likeness (QED) is 0.0380. The van der Waals surface area contributed by atoms with Crippen LogP contribution >= 0.6 is 11.6 Å². The number of nitrogens with zero attached hydrogens (tertiary/aromatic N) is 6. The van der Waals surface area contributed by atoms with Gasteiger partial charge < -0.3 is 19.5 Å². The van der Waals surface area contributed by atoms with E-state index < -0.39 is 173 Å². The average molecular weight is 1160 g/mol. The molecule has 2 aliphatic carbocycles. The minimum absolute atomic E-state index is 0.00547. The third-order valence-corrected chi connectivity index (χ3v) is 16.1. The number of pyridine rings is 1. The van der Waals surface area contributed by atoms with Crippen molar-refractivity contribution in [2.45, 2.75) is 87.6 Å². The van der Waals surface area contributed by atoms with Gasteiger partial charge in [0.1, 0.15) is 30.4 Å². The Balaban J connectivity index is 1.42. The molecule has 1 fully saturated rings. The molecule has 3 atom stereocenters. The second-order valence-electron chi connectivity index (χ2n) is 18.5. The number of halogens is 11. The number of carbonyl (C=O) groups excluding carboxylic acids is 4. The van der Waals surface area contributed by atoms with Gasteiger partial charge in [0.2, 0.25) is 22.7 Å². The van der Waals surface area contributed by atoms with Gasteiger partial charge in [-0.15, -0.1) is 0 Å². The fourth-order valence-electron chi connectivity index (χ4n) is 8.65. The van der Waals surface area contributed by atoms with Gasteiger partial charge in [0.25, 0.3) is 5.92 Å². The fourth-order valence-corrected chi connectivity index (χ4v) is 10.1. The number of nitrogens with one attached hydrogen (secondary N) is 1. The molecule has 77 heavy (non-hydrogen) atoms. The first-order chi connectivity index (χ1) is 35.5. The van der Waals surface area contributed by atoms with Gasteiger partial charge in [0.05, 0.1) is 45.8 Å². The van der Waals surface area contributed by atoms with Gasteiger partial charge in [-0.05, 0) is 75.3 Å². The second-order valence-corrected chi connectivity index (χ2v) is 23.4. The number of alkyl halides is 8. The highest BCUT2D eigenvalue weighted by Crippen LogP contribution is 2.68. The number of amides is 2. The van der Waals surface area contributed by atoms with E-state index in [0.717, 1.165) is 37.6 Å². The van der Waals surface area contributed by atoms with Gasteiger partial charge in [-0.2, -0.15) is 49.6 Å². The molecule has 1 N–H and O–H groups in total. The van der Waals surface area contributed by atoms with Crippen LogP contribution in [0.4, 0.5) is 54.5 Å². The number of carbonyl (C=O) groups is 4. The van der Waals surface area contributed by atoms with Gasteiger partial charge in [0.15, 0.2) is 21.3 Å². The summed E-state index contributed by atoms with van der Waals surface area (Å²) in [5.41, 5.74) is -5.74. The van der Waals surface area contributed by atoms with Crippen molar-refractivity contribution < 1.29 is 94.1 Å². The summed E-state index contributed by atoms with van der Waals surface area (Å²) in [6, 6.07) is 4.82. The number of methoxy groups -OCH3 is 1. The van der Waals surface area contributed by atoms with Gasteiger partial charge in [-0.1, -0.05) is 23.7 Å². The Morgan fingerprint density at radius 3 is 2.14 bits per heavy atom. The maximum absolute atomic E-state index is 15.6. The fraction of sp³-hybridized carbons (Fsp3) is 0.413. The highest BCUT2D eigenvalue weighted by atomic mass is 35.5. The van der Waals surface area contributed by atoms with Crippen LogP contribution in [0, 0.1) is 17.6 Å². The molecule has 31 heteroatoms. The smallest absolute Gasteiger partial charge is 0.435 e. The number of fused-ring (bicyclic) bond motifs is 4. The molecule has 3 heterocycles. The Labute approximate surface area is 435 Å². The maximum Gasteiger partial charge on any atom is 0.435 e. The number of sulfonamides is 1. The minimum atomic E-state index is -5.24. The van der Waals surface area contributed by atoms with Crippen molar-refractivity contribution in [3.05, 3.63) is 105 Å². The number of hydrogen-bond acceptors (Lipinski definition) is 14.